The SMILES string of the molecule is CCCCCOc1ccc(C2/C(=C(\O)c3ccc(OCCC)cc3)C(=O)C(=O)N2c2nccs2)cc1OCC. The van der Waals surface area contributed by atoms with Gasteiger partial charge in [0.25, 0.3) is 5.78 Å². The van der Waals surface area contributed by atoms with Gasteiger partial charge in [-0.3, -0.25) is 14.5 Å². The van der Waals surface area contributed by atoms with Gasteiger partial charge in [0.1, 0.15) is 11.5 Å². The molecule has 39 heavy (non-hydrogen) atoms. The van der Waals surface area contributed by atoms with E-state index < -0.39 is 17.7 Å². The molecule has 206 valence electrons. The standard InChI is InChI=1S/C30H34N2O6S/c1-4-7-8-17-38-23-14-11-21(19-24(23)36-6-3)26-25(28(34)29(35)32(26)30-31-15-18-39-30)27(33)20-9-12-22(13-10-20)37-16-5-2/h9-15,18-19,26,33H,4-8,16-17H2,1-3H3/b27-25+. The van der Waals surface area contributed by atoms with Crippen LogP contribution < -0.4 is 19.1 Å². The molecule has 0 bridgehead atoms. The van der Waals surface area contributed by atoms with Crippen molar-refractivity contribution in [1.29, 1.82) is 0 Å². The summed E-state index contributed by atoms with van der Waals surface area (Å²) in [5.74, 6) is -0.0466. The smallest absolute Gasteiger partial charge is 0.301 e. The van der Waals surface area contributed by atoms with Crippen LogP contribution >= 0.6 is 11.3 Å². The van der Waals surface area contributed by atoms with Gasteiger partial charge < -0.3 is 19.3 Å². The first kappa shape index (κ1) is 28.2. The highest BCUT2D eigenvalue weighted by Gasteiger charge is 2.48. The van der Waals surface area contributed by atoms with E-state index in [1.54, 1.807) is 54.0 Å². The zero-order valence-corrected chi connectivity index (χ0v) is 23.3. The molecule has 1 fully saturated rings. The number of hydrogen-bond donors (Lipinski definition) is 1. The molecule has 1 aliphatic heterocycles. The Hall–Kier alpha value is -3.85. The number of anilines is 1. The molecule has 1 unspecified atom stereocenters. The molecule has 1 N–H and O–H groups in total. The molecule has 3 aromatic rings. The van der Waals surface area contributed by atoms with Crippen LogP contribution in [0.25, 0.3) is 5.76 Å². The highest BCUT2D eigenvalue weighted by molar-refractivity contribution is 7.14. The fourth-order valence-electron chi connectivity index (χ4n) is 4.38. The predicted molar refractivity (Wildman–Crippen MR) is 152 cm³/mol. The minimum absolute atomic E-state index is 0.0171. The van der Waals surface area contributed by atoms with Crippen molar-refractivity contribution in [2.75, 3.05) is 24.7 Å². The number of Topliss-reactive ketones (excluding diaryl/α,β-unsaturated/α-hetero) is 1. The molecule has 2 heterocycles. The number of ether oxygens (including phenoxy) is 3. The number of nitrogens with zero attached hydrogens (tertiary/aromatic N) is 2. The summed E-state index contributed by atoms with van der Waals surface area (Å²) in [6.07, 6.45) is 5.52. The highest BCUT2D eigenvalue weighted by Crippen LogP contribution is 2.44. The molecule has 0 aliphatic carbocycles. The Morgan fingerprint density at radius 2 is 1.74 bits per heavy atom. The van der Waals surface area contributed by atoms with E-state index in [-0.39, 0.29) is 11.3 Å². The third-order valence-electron chi connectivity index (χ3n) is 6.26. The highest BCUT2D eigenvalue weighted by atomic mass is 32.1. The van der Waals surface area contributed by atoms with Crippen molar-refractivity contribution in [2.24, 2.45) is 0 Å². The lowest BCUT2D eigenvalue weighted by Crippen LogP contribution is -2.29. The fourth-order valence-corrected chi connectivity index (χ4v) is 5.05. The van der Waals surface area contributed by atoms with Crippen molar-refractivity contribution in [1.82, 2.24) is 4.98 Å². The average Bonchev–Trinajstić information content (AvgIpc) is 3.57. The number of aliphatic hydroxyl groups excluding tert-OH is 1. The van der Waals surface area contributed by atoms with Gasteiger partial charge in [-0.05, 0) is 61.7 Å². The molecular weight excluding hydrogens is 516 g/mol. The first-order valence-corrected chi connectivity index (χ1v) is 14.2. The average molecular weight is 551 g/mol. The summed E-state index contributed by atoms with van der Waals surface area (Å²) in [5.41, 5.74) is 0.983. The van der Waals surface area contributed by atoms with Gasteiger partial charge in [-0.1, -0.05) is 32.8 Å². The van der Waals surface area contributed by atoms with Crippen molar-refractivity contribution < 1.29 is 28.9 Å². The summed E-state index contributed by atoms with van der Waals surface area (Å²) in [6.45, 7) is 7.57. The summed E-state index contributed by atoms with van der Waals surface area (Å²) in [7, 11) is 0. The maximum Gasteiger partial charge on any atom is 0.301 e. The minimum Gasteiger partial charge on any atom is -0.507 e. The number of thiazole rings is 1. The molecule has 0 saturated carbocycles. The van der Waals surface area contributed by atoms with Crippen LogP contribution in [-0.4, -0.2) is 41.6 Å². The van der Waals surface area contributed by atoms with E-state index in [9.17, 15) is 14.7 Å². The number of carbonyl (C=O) groups is 2. The summed E-state index contributed by atoms with van der Waals surface area (Å²) in [5, 5.41) is 13.5. The van der Waals surface area contributed by atoms with Crippen LogP contribution in [0.2, 0.25) is 0 Å². The van der Waals surface area contributed by atoms with E-state index in [1.165, 1.54) is 16.2 Å². The third-order valence-corrected chi connectivity index (χ3v) is 7.03. The van der Waals surface area contributed by atoms with Crippen molar-refractivity contribution >= 4 is 33.9 Å². The van der Waals surface area contributed by atoms with E-state index in [2.05, 4.69) is 11.9 Å². The van der Waals surface area contributed by atoms with Gasteiger partial charge in [-0.15, -0.1) is 11.3 Å². The summed E-state index contributed by atoms with van der Waals surface area (Å²) < 4.78 is 17.5. The monoisotopic (exact) mass is 550 g/mol. The number of unbranched alkanes of at least 4 members (excludes halogenated alkanes) is 2. The molecule has 1 amide bonds. The number of amides is 1. The first-order valence-electron chi connectivity index (χ1n) is 13.3. The maximum atomic E-state index is 13.4. The minimum atomic E-state index is -0.902. The number of rotatable bonds is 13. The number of hydrogen-bond acceptors (Lipinski definition) is 8. The van der Waals surface area contributed by atoms with E-state index in [0.717, 1.165) is 25.7 Å². The Labute approximate surface area is 232 Å². The zero-order valence-electron chi connectivity index (χ0n) is 22.5. The van der Waals surface area contributed by atoms with Gasteiger partial charge in [0.2, 0.25) is 0 Å². The predicted octanol–water partition coefficient (Wildman–Crippen LogP) is 6.53. The van der Waals surface area contributed by atoms with Gasteiger partial charge in [0.05, 0.1) is 31.4 Å². The van der Waals surface area contributed by atoms with E-state index in [4.69, 9.17) is 14.2 Å². The van der Waals surface area contributed by atoms with Crippen molar-refractivity contribution in [3.63, 3.8) is 0 Å². The lowest BCUT2D eigenvalue weighted by atomic mass is 9.95. The van der Waals surface area contributed by atoms with Gasteiger partial charge in [0, 0.05) is 17.1 Å². The Balaban J connectivity index is 1.78. The van der Waals surface area contributed by atoms with Crippen LogP contribution in [0.3, 0.4) is 0 Å². The normalized spacial score (nSPS) is 16.5. The lowest BCUT2D eigenvalue weighted by molar-refractivity contribution is -0.132. The lowest BCUT2D eigenvalue weighted by Gasteiger charge is -2.24. The van der Waals surface area contributed by atoms with Crippen LogP contribution in [-0.2, 0) is 9.59 Å². The molecule has 2 aromatic carbocycles. The van der Waals surface area contributed by atoms with Crippen molar-refractivity contribution in [3.05, 3.63) is 70.7 Å². The van der Waals surface area contributed by atoms with Gasteiger partial charge in [-0.25, -0.2) is 4.98 Å². The Morgan fingerprint density at radius 3 is 2.41 bits per heavy atom. The Bertz CT molecular complexity index is 1300. The first-order chi connectivity index (χ1) is 19.0. The van der Waals surface area contributed by atoms with E-state index in [1.807, 2.05) is 13.8 Å². The molecule has 0 spiro atoms. The van der Waals surface area contributed by atoms with Crippen LogP contribution in [0.15, 0.2) is 59.6 Å². The van der Waals surface area contributed by atoms with Crippen molar-refractivity contribution in [2.45, 2.75) is 52.5 Å². The second kappa shape index (κ2) is 13.3. The summed E-state index contributed by atoms with van der Waals surface area (Å²) in [6, 6.07) is 11.3. The molecule has 1 saturated heterocycles. The molecule has 4 rings (SSSR count). The summed E-state index contributed by atoms with van der Waals surface area (Å²) in [4.78, 5) is 32.3. The van der Waals surface area contributed by atoms with Crippen molar-refractivity contribution in [3.8, 4) is 17.2 Å². The van der Waals surface area contributed by atoms with Gasteiger partial charge in [-0.2, -0.15) is 0 Å². The second-order valence-electron chi connectivity index (χ2n) is 9.05. The van der Waals surface area contributed by atoms with Crippen LogP contribution in [0.1, 0.15) is 63.6 Å². The number of benzene rings is 2. The molecule has 1 aromatic heterocycles. The van der Waals surface area contributed by atoms with Crippen LogP contribution in [0.4, 0.5) is 5.13 Å². The van der Waals surface area contributed by atoms with E-state index >= 15 is 0 Å². The number of carbonyl (C=O) groups excluding carboxylic acids is 2. The number of aliphatic hydroxyl groups is 1. The second-order valence-corrected chi connectivity index (χ2v) is 9.92. The van der Waals surface area contributed by atoms with Crippen LogP contribution in [0, 0.1) is 0 Å². The van der Waals surface area contributed by atoms with Crippen LogP contribution in [0.5, 0.6) is 17.2 Å². The molecule has 0 radical (unpaired) electrons. The Kier molecular flexibility index (Phi) is 9.59. The third kappa shape index (κ3) is 6.25. The maximum absolute atomic E-state index is 13.4. The molecule has 1 aliphatic rings. The molecule has 8 nitrogen and oxygen atoms in total. The zero-order chi connectivity index (χ0) is 27.8. The molecule has 1 atom stereocenters. The quantitative estimate of drug-likeness (QED) is 0.112. The fraction of sp³-hybridized carbons (Fsp3) is 0.367. The number of aromatic nitrogens is 1. The Morgan fingerprint density at radius 1 is 0.949 bits per heavy atom. The molecular formula is C30H34N2O6S. The molecule has 9 heteroatoms. The van der Waals surface area contributed by atoms with Gasteiger partial charge >= 0.3 is 5.91 Å². The largest absolute Gasteiger partial charge is 0.507 e. The van der Waals surface area contributed by atoms with E-state index in [0.29, 0.717) is 53.3 Å². The van der Waals surface area contributed by atoms with Gasteiger partial charge in [0.15, 0.2) is 16.6 Å². The topological polar surface area (TPSA) is 98.2 Å². The summed E-state index contributed by atoms with van der Waals surface area (Å²) >= 11 is 1.24. The number of ketones is 1.